The van der Waals surface area contributed by atoms with Crippen molar-refractivity contribution >= 4 is 23.3 Å². The first-order valence-electron chi connectivity index (χ1n) is 7.38. The molecule has 1 unspecified atom stereocenters. The minimum absolute atomic E-state index is 0.165. The summed E-state index contributed by atoms with van der Waals surface area (Å²) in [4.78, 5) is 25.1. The molecular weight excluding hydrogens is 282 g/mol. The first kappa shape index (κ1) is 17.8. The molecule has 1 aromatic rings. The summed E-state index contributed by atoms with van der Waals surface area (Å²) in [6.07, 6.45) is 1.97. The van der Waals surface area contributed by atoms with Crippen molar-refractivity contribution in [2.24, 2.45) is 0 Å². The summed E-state index contributed by atoms with van der Waals surface area (Å²) < 4.78 is 5.19. The van der Waals surface area contributed by atoms with Crippen molar-refractivity contribution in [3.63, 3.8) is 0 Å². The highest BCUT2D eigenvalue weighted by Crippen LogP contribution is 2.28. The summed E-state index contributed by atoms with van der Waals surface area (Å²) in [7, 11) is 3.30. The van der Waals surface area contributed by atoms with E-state index in [9.17, 15) is 9.59 Å². The molecule has 1 aromatic carbocycles. The van der Waals surface area contributed by atoms with Crippen LogP contribution in [0.15, 0.2) is 18.2 Å². The lowest BCUT2D eigenvalue weighted by molar-refractivity contribution is -0.114. The molecule has 6 heteroatoms. The van der Waals surface area contributed by atoms with Crippen molar-refractivity contribution in [2.45, 2.75) is 39.7 Å². The monoisotopic (exact) mass is 307 g/mol. The third-order valence-corrected chi connectivity index (χ3v) is 3.45. The summed E-state index contributed by atoms with van der Waals surface area (Å²) in [5.74, 6) is 0.344. The normalized spacial score (nSPS) is 11.5. The van der Waals surface area contributed by atoms with Crippen molar-refractivity contribution < 1.29 is 14.3 Å². The van der Waals surface area contributed by atoms with Crippen molar-refractivity contribution in [3.05, 3.63) is 18.2 Å². The number of carbonyl (C=O) groups is 2. The van der Waals surface area contributed by atoms with E-state index < -0.39 is 0 Å². The first-order chi connectivity index (χ1) is 10.4. The number of benzene rings is 1. The number of methoxy groups -OCH3 is 1. The van der Waals surface area contributed by atoms with E-state index in [1.54, 1.807) is 30.1 Å². The molecule has 0 aliphatic carbocycles. The van der Waals surface area contributed by atoms with Gasteiger partial charge in [-0.25, -0.2) is 4.79 Å². The third kappa shape index (κ3) is 4.95. The Morgan fingerprint density at radius 1 is 1.32 bits per heavy atom. The summed E-state index contributed by atoms with van der Waals surface area (Å²) in [5.41, 5.74) is 1.13. The van der Waals surface area contributed by atoms with Gasteiger partial charge in [0, 0.05) is 25.7 Å². The lowest BCUT2D eigenvalue weighted by Gasteiger charge is -2.25. The van der Waals surface area contributed by atoms with Crippen LogP contribution in [-0.4, -0.2) is 37.0 Å². The fourth-order valence-corrected chi connectivity index (χ4v) is 2.10. The zero-order chi connectivity index (χ0) is 16.7. The van der Waals surface area contributed by atoms with Crippen LogP contribution in [0.2, 0.25) is 0 Å². The molecule has 0 fully saturated rings. The highest BCUT2D eigenvalue weighted by Gasteiger charge is 2.15. The minimum atomic E-state index is -0.199. The van der Waals surface area contributed by atoms with Gasteiger partial charge in [0.2, 0.25) is 5.91 Å². The Kier molecular flexibility index (Phi) is 6.69. The Morgan fingerprint density at radius 2 is 2.00 bits per heavy atom. The topological polar surface area (TPSA) is 70.7 Å². The Balaban J connectivity index is 2.84. The van der Waals surface area contributed by atoms with Gasteiger partial charge < -0.3 is 20.3 Å². The van der Waals surface area contributed by atoms with Crippen LogP contribution in [0.5, 0.6) is 5.75 Å². The van der Waals surface area contributed by atoms with Gasteiger partial charge in [0.05, 0.1) is 12.8 Å². The average Bonchev–Trinajstić information content (AvgIpc) is 2.46. The van der Waals surface area contributed by atoms with Gasteiger partial charge in [0.1, 0.15) is 5.75 Å². The molecule has 0 aliphatic rings. The highest BCUT2D eigenvalue weighted by molar-refractivity contribution is 5.94. The molecule has 0 heterocycles. The van der Waals surface area contributed by atoms with Crippen LogP contribution in [0.3, 0.4) is 0 Å². The molecule has 22 heavy (non-hydrogen) atoms. The molecule has 1 rings (SSSR count). The van der Waals surface area contributed by atoms with Gasteiger partial charge in [-0.05, 0) is 31.5 Å². The van der Waals surface area contributed by atoms with Gasteiger partial charge >= 0.3 is 6.03 Å². The summed E-state index contributed by atoms with van der Waals surface area (Å²) in [6, 6.07) is 5.10. The zero-order valence-electron chi connectivity index (χ0n) is 13.9. The number of nitrogens with zero attached hydrogens (tertiary/aromatic N) is 1. The molecule has 0 saturated carbocycles. The third-order valence-electron chi connectivity index (χ3n) is 3.45. The van der Waals surface area contributed by atoms with Gasteiger partial charge in [-0.3, -0.25) is 4.79 Å². The van der Waals surface area contributed by atoms with E-state index >= 15 is 0 Å². The number of ether oxygens (including phenoxy) is 1. The fourth-order valence-electron chi connectivity index (χ4n) is 2.10. The van der Waals surface area contributed by atoms with E-state index in [-0.39, 0.29) is 18.0 Å². The lowest BCUT2D eigenvalue weighted by Crippen LogP contribution is -2.38. The number of amides is 3. The molecule has 0 saturated heterocycles. The molecule has 0 spiro atoms. The SMILES string of the molecule is CCCC(C)N(C)C(=O)Nc1ccc(OC)c(NC(C)=O)c1. The molecule has 2 N–H and O–H groups in total. The predicted molar refractivity (Wildman–Crippen MR) is 88.4 cm³/mol. The molecule has 122 valence electrons. The van der Waals surface area contributed by atoms with E-state index in [0.717, 1.165) is 12.8 Å². The molecule has 6 nitrogen and oxygen atoms in total. The summed E-state index contributed by atoms with van der Waals surface area (Å²) >= 11 is 0. The Labute approximate surface area is 131 Å². The molecular formula is C16H25N3O3. The molecule has 3 amide bonds. The van der Waals surface area contributed by atoms with Crippen LogP contribution in [0.4, 0.5) is 16.2 Å². The van der Waals surface area contributed by atoms with Crippen molar-refractivity contribution in [2.75, 3.05) is 24.8 Å². The second-order valence-electron chi connectivity index (χ2n) is 5.28. The number of urea groups is 1. The maximum absolute atomic E-state index is 12.2. The highest BCUT2D eigenvalue weighted by atomic mass is 16.5. The van der Waals surface area contributed by atoms with Crippen molar-refractivity contribution in [1.29, 1.82) is 0 Å². The number of carbonyl (C=O) groups excluding carboxylic acids is 2. The molecule has 1 atom stereocenters. The fraction of sp³-hybridized carbons (Fsp3) is 0.500. The maximum atomic E-state index is 12.2. The predicted octanol–water partition coefficient (Wildman–Crippen LogP) is 3.31. The van der Waals surface area contributed by atoms with Gasteiger partial charge in [-0.15, -0.1) is 0 Å². The van der Waals surface area contributed by atoms with E-state index in [0.29, 0.717) is 17.1 Å². The Hall–Kier alpha value is -2.24. The van der Waals surface area contributed by atoms with E-state index in [4.69, 9.17) is 4.74 Å². The Bertz CT molecular complexity index is 531. The van der Waals surface area contributed by atoms with Crippen LogP contribution >= 0.6 is 0 Å². The Morgan fingerprint density at radius 3 is 2.55 bits per heavy atom. The van der Waals surface area contributed by atoms with E-state index in [1.165, 1.54) is 14.0 Å². The number of rotatable bonds is 6. The van der Waals surface area contributed by atoms with Crippen molar-refractivity contribution in [1.82, 2.24) is 4.90 Å². The minimum Gasteiger partial charge on any atom is -0.495 e. The average molecular weight is 307 g/mol. The second kappa shape index (κ2) is 8.26. The zero-order valence-corrected chi connectivity index (χ0v) is 13.9. The van der Waals surface area contributed by atoms with E-state index in [1.807, 2.05) is 6.92 Å². The standard InChI is InChI=1S/C16H25N3O3/c1-6-7-11(2)19(4)16(21)18-13-8-9-15(22-5)14(10-13)17-12(3)20/h8-11H,6-7H2,1-5H3,(H,17,20)(H,18,21). The maximum Gasteiger partial charge on any atom is 0.321 e. The van der Waals surface area contributed by atoms with Crippen LogP contribution in [-0.2, 0) is 4.79 Å². The van der Waals surface area contributed by atoms with Gasteiger partial charge in [0.15, 0.2) is 0 Å². The van der Waals surface area contributed by atoms with Gasteiger partial charge in [0.25, 0.3) is 0 Å². The largest absolute Gasteiger partial charge is 0.495 e. The van der Waals surface area contributed by atoms with Gasteiger partial charge in [-0.2, -0.15) is 0 Å². The summed E-state index contributed by atoms with van der Waals surface area (Å²) in [5, 5.41) is 5.51. The molecule has 0 aliphatic heterocycles. The number of hydrogen-bond donors (Lipinski definition) is 2. The van der Waals surface area contributed by atoms with Crippen LogP contribution < -0.4 is 15.4 Å². The van der Waals surface area contributed by atoms with Crippen LogP contribution in [0.1, 0.15) is 33.6 Å². The number of nitrogens with one attached hydrogen (secondary N) is 2. The van der Waals surface area contributed by atoms with E-state index in [2.05, 4.69) is 17.6 Å². The van der Waals surface area contributed by atoms with Crippen LogP contribution in [0.25, 0.3) is 0 Å². The molecule has 0 radical (unpaired) electrons. The van der Waals surface area contributed by atoms with Gasteiger partial charge in [-0.1, -0.05) is 13.3 Å². The summed E-state index contributed by atoms with van der Waals surface area (Å²) in [6.45, 7) is 5.52. The second-order valence-corrected chi connectivity index (χ2v) is 5.28. The number of anilines is 2. The lowest BCUT2D eigenvalue weighted by atomic mass is 10.2. The smallest absolute Gasteiger partial charge is 0.321 e. The molecule has 0 aromatic heterocycles. The van der Waals surface area contributed by atoms with Crippen molar-refractivity contribution in [3.8, 4) is 5.75 Å². The van der Waals surface area contributed by atoms with Crippen LogP contribution in [0, 0.1) is 0 Å². The quantitative estimate of drug-likeness (QED) is 0.847. The first-order valence-corrected chi connectivity index (χ1v) is 7.38. The molecule has 0 bridgehead atoms. The number of hydrogen-bond acceptors (Lipinski definition) is 3.